The van der Waals surface area contributed by atoms with Crippen molar-refractivity contribution in [2.45, 2.75) is 38.1 Å². The molecule has 2 saturated heterocycles. The molecule has 2 heterocycles. The standard InChI is InChI=1S/C16H22O4/c1-7(17)12(16(18)19-2)10-6-11-13-8-3-4-9(5-8)14(13)15(10)20-11/h3-4,7-15,17H,5-6H2,1-2H3. The zero-order valence-electron chi connectivity index (χ0n) is 11.9. The molecule has 0 aromatic heterocycles. The van der Waals surface area contributed by atoms with Crippen LogP contribution in [0.5, 0.6) is 0 Å². The molecule has 3 fully saturated rings. The highest BCUT2D eigenvalue weighted by Crippen LogP contribution is 2.62. The normalized spacial score (nSPS) is 50.2. The maximum Gasteiger partial charge on any atom is 0.311 e. The SMILES string of the molecule is COC(=O)C(C(C)O)C1CC2OC1C1C3C=CC(C3)C21. The van der Waals surface area contributed by atoms with E-state index in [9.17, 15) is 9.90 Å². The van der Waals surface area contributed by atoms with E-state index in [1.165, 1.54) is 13.5 Å². The van der Waals surface area contributed by atoms with E-state index in [-0.39, 0.29) is 24.1 Å². The van der Waals surface area contributed by atoms with Crippen LogP contribution in [0, 0.1) is 35.5 Å². The molecule has 110 valence electrons. The van der Waals surface area contributed by atoms with Gasteiger partial charge in [-0.2, -0.15) is 0 Å². The highest BCUT2D eigenvalue weighted by Gasteiger charge is 2.64. The van der Waals surface area contributed by atoms with Gasteiger partial charge in [0.2, 0.25) is 0 Å². The summed E-state index contributed by atoms with van der Waals surface area (Å²) in [6.45, 7) is 1.69. The van der Waals surface area contributed by atoms with Gasteiger partial charge in [0.15, 0.2) is 0 Å². The average Bonchev–Trinajstić information content (AvgIpc) is 3.16. The molecular weight excluding hydrogens is 256 g/mol. The third-order valence-electron chi connectivity index (χ3n) is 6.10. The Hall–Kier alpha value is -0.870. The lowest BCUT2D eigenvalue weighted by Crippen LogP contribution is -2.44. The number of aliphatic hydroxyl groups is 1. The summed E-state index contributed by atoms with van der Waals surface area (Å²) >= 11 is 0. The molecule has 0 aromatic rings. The second-order valence-corrected chi connectivity index (χ2v) is 6.93. The Balaban J connectivity index is 1.60. The molecule has 0 amide bonds. The van der Waals surface area contributed by atoms with E-state index in [4.69, 9.17) is 9.47 Å². The molecule has 20 heavy (non-hydrogen) atoms. The zero-order valence-corrected chi connectivity index (χ0v) is 11.9. The van der Waals surface area contributed by atoms with Gasteiger partial charge in [-0.3, -0.25) is 4.79 Å². The van der Waals surface area contributed by atoms with Crippen LogP contribution in [0.15, 0.2) is 12.2 Å². The highest BCUT2D eigenvalue weighted by molar-refractivity contribution is 5.73. The van der Waals surface area contributed by atoms with Gasteiger partial charge in [0.25, 0.3) is 0 Å². The van der Waals surface area contributed by atoms with E-state index in [1.807, 2.05) is 0 Å². The lowest BCUT2D eigenvalue weighted by molar-refractivity contribution is -0.153. The Morgan fingerprint density at radius 2 is 2.00 bits per heavy atom. The van der Waals surface area contributed by atoms with Crippen LogP contribution in [0.2, 0.25) is 0 Å². The summed E-state index contributed by atoms with van der Waals surface area (Å²) in [7, 11) is 1.40. The fourth-order valence-electron chi connectivity index (χ4n) is 5.49. The quantitative estimate of drug-likeness (QED) is 0.626. The summed E-state index contributed by atoms with van der Waals surface area (Å²) in [4.78, 5) is 12.0. The predicted octanol–water partition coefficient (Wildman–Crippen LogP) is 1.38. The Morgan fingerprint density at radius 1 is 1.30 bits per heavy atom. The number of carbonyl (C=O) groups excluding carboxylic acids is 1. The summed E-state index contributed by atoms with van der Waals surface area (Å²) in [6, 6.07) is 0. The average molecular weight is 278 g/mol. The van der Waals surface area contributed by atoms with Gasteiger partial charge in [-0.05, 0) is 43.4 Å². The smallest absolute Gasteiger partial charge is 0.311 e. The first-order chi connectivity index (χ1) is 9.61. The molecule has 4 heteroatoms. The number of aliphatic hydroxyl groups excluding tert-OH is 1. The molecule has 2 aliphatic heterocycles. The van der Waals surface area contributed by atoms with Crippen LogP contribution < -0.4 is 0 Å². The second kappa shape index (κ2) is 4.31. The van der Waals surface area contributed by atoms with Gasteiger partial charge in [-0.1, -0.05) is 12.2 Å². The Morgan fingerprint density at radius 3 is 2.65 bits per heavy atom. The van der Waals surface area contributed by atoms with Crippen molar-refractivity contribution in [3.8, 4) is 0 Å². The molecular formula is C16H22O4. The molecule has 2 aliphatic carbocycles. The molecule has 4 rings (SSSR count). The molecule has 4 aliphatic rings. The molecule has 4 nitrogen and oxygen atoms in total. The van der Waals surface area contributed by atoms with Crippen molar-refractivity contribution in [3.63, 3.8) is 0 Å². The second-order valence-electron chi connectivity index (χ2n) is 6.93. The zero-order chi connectivity index (χ0) is 14.0. The lowest BCUT2D eigenvalue weighted by atomic mass is 9.65. The van der Waals surface area contributed by atoms with E-state index in [0.717, 1.165) is 6.42 Å². The van der Waals surface area contributed by atoms with E-state index >= 15 is 0 Å². The van der Waals surface area contributed by atoms with E-state index < -0.39 is 12.0 Å². The topological polar surface area (TPSA) is 55.8 Å². The predicted molar refractivity (Wildman–Crippen MR) is 71.7 cm³/mol. The number of hydrogen-bond donors (Lipinski definition) is 1. The number of rotatable bonds is 3. The van der Waals surface area contributed by atoms with Crippen LogP contribution in [-0.4, -0.2) is 36.5 Å². The summed E-state index contributed by atoms with van der Waals surface area (Å²) in [6.07, 6.45) is 6.58. The highest BCUT2D eigenvalue weighted by atomic mass is 16.5. The van der Waals surface area contributed by atoms with Crippen LogP contribution in [0.1, 0.15) is 19.8 Å². The number of methoxy groups -OCH3 is 1. The van der Waals surface area contributed by atoms with Crippen molar-refractivity contribution >= 4 is 5.97 Å². The third kappa shape index (κ3) is 1.52. The number of hydrogen-bond acceptors (Lipinski definition) is 4. The van der Waals surface area contributed by atoms with Gasteiger partial charge in [0, 0.05) is 5.92 Å². The van der Waals surface area contributed by atoms with Gasteiger partial charge in [-0.15, -0.1) is 0 Å². The fourth-order valence-corrected chi connectivity index (χ4v) is 5.49. The molecule has 4 bridgehead atoms. The van der Waals surface area contributed by atoms with Crippen LogP contribution in [0.25, 0.3) is 0 Å². The summed E-state index contributed by atoms with van der Waals surface area (Å²) in [5.41, 5.74) is 0. The minimum atomic E-state index is -0.678. The van der Waals surface area contributed by atoms with Gasteiger partial charge in [0.1, 0.15) is 0 Å². The van der Waals surface area contributed by atoms with Gasteiger partial charge in [-0.25, -0.2) is 0 Å². The van der Waals surface area contributed by atoms with Crippen molar-refractivity contribution in [2.24, 2.45) is 35.5 Å². The van der Waals surface area contributed by atoms with Gasteiger partial charge < -0.3 is 14.6 Å². The van der Waals surface area contributed by atoms with Gasteiger partial charge in [0.05, 0.1) is 31.3 Å². The largest absolute Gasteiger partial charge is 0.469 e. The van der Waals surface area contributed by atoms with Crippen molar-refractivity contribution in [3.05, 3.63) is 12.2 Å². The Kier molecular flexibility index (Phi) is 2.77. The molecule has 9 unspecified atom stereocenters. The van der Waals surface area contributed by atoms with Crippen LogP contribution in [-0.2, 0) is 14.3 Å². The monoisotopic (exact) mass is 278 g/mol. The van der Waals surface area contributed by atoms with E-state index in [0.29, 0.717) is 23.7 Å². The maximum absolute atomic E-state index is 12.0. The Bertz CT molecular complexity index is 457. The van der Waals surface area contributed by atoms with Crippen LogP contribution >= 0.6 is 0 Å². The minimum Gasteiger partial charge on any atom is -0.469 e. The first-order valence-corrected chi connectivity index (χ1v) is 7.71. The number of carbonyl (C=O) groups is 1. The lowest BCUT2D eigenvalue weighted by Gasteiger charge is -2.37. The van der Waals surface area contributed by atoms with E-state index in [1.54, 1.807) is 6.92 Å². The number of fused-ring (bicyclic) bond motifs is 9. The molecule has 0 spiro atoms. The summed E-state index contributed by atoms with van der Waals surface area (Å²) < 4.78 is 11.1. The fraction of sp³-hybridized carbons (Fsp3) is 0.812. The number of allylic oxidation sites excluding steroid dienone is 2. The minimum absolute atomic E-state index is 0.112. The maximum atomic E-state index is 12.0. The van der Waals surface area contributed by atoms with Crippen LogP contribution in [0.4, 0.5) is 0 Å². The van der Waals surface area contributed by atoms with Crippen molar-refractivity contribution in [1.82, 2.24) is 0 Å². The molecule has 1 saturated carbocycles. The third-order valence-corrected chi connectivity index (χ3v) is 6.10. The van der Waals surface area contributed by atoms with E-state index in [2.05, 4.69) is 12.2 Å². The molecule has 1 N–H and O–H groups in total. The number of esters is 1. The van der Waals surface area contributed by atoms with Gasteiger partial charge >= 0.3 is 5.97 Å². The first kappa shape index (κ1) is 12.8. The molecule has 0 aromatic carbocycles. The first-order valence-electron chi connectivity index (χ1n) is 7.71. The molecule has 9 atom stereocenters. The van der Waals surface area contributed by atoms with Crippen molar-refractivity contribution in [1.29, 1.82) is 0 Å². The van der Waals surface area contributed by atoms with Crippen molar-refractivity contribution in [2.75, 3.05) is 7.11 Å². The van der Waals surface area contributed by atoms with Crippen molar-refractivity contribution < 1.29 is 19.4 Å². The summed E-state index contributed by atoms with van der Waals surface area (Å²) in [5.74, 6) is 1.88. The number of ether oxygens (including phenoxy) is 2. The van der Waals surface area contributed by atoms with Crippen LogP contribution in [0.3, 0.4) is 0 Å². The summed E-state index contributed by atoms with van der Waals surface area (Å²) in [5, 5.41) is 10.0. The Labute approximate surface area is 119 Å². The molecule has 0 radical (unpaired) electrons.